The topological polar surface area (TPSA) is 53.7 Å². The number of methoxy groups -OCH3 is 2. The average molecular weight is 302 g/mol. The van der Waals surface area contributed by atoms with Crippen molar-refractivity contribution in [3.05, 3.63) is 22.2 Å². The number of benzene rings is 1. The minimum atomic E-state index is -0.0795. The Morgan fingerprint density at radius 2 is 1.94 bits per heavy atom. The Bertz CT molecular complexity index is 411. The third-order valence-corrected chi connectivity index (χ3v) is 3.63. The molecule has 1 heterocycles. The highest BCUT2D eigenvalue weighted by Gasteiger charge is 2.29. The lowest BCUT2D eigenvalue weighted by Gasteiger charge is -2.19. The van der Waals surface area contributed by atoms with Crippen LogP contribution in [0.3, 0.4) is 0 Å². The summed E-state index contributed by atoms with van der Waals surface area (Å²) in [6.07, 6.45) is 0.801. The molecule has 1 aromatic rings. The van der Waals surface area contributed by atoms with Crippen molar-refractivity contribution in [3.8, 4) is 11.5 Å². The molecule has 0 amide bonds. The van der Waals surface area contributed by atoms with E-state index in [1.807, 2.05) is 12.1 Å². The Balaban J connectivity index is 2.40. The van der Waals surface area contributed by atoms with Gasteiger partial charge in [-0.15, -0.1) is 0 Å². The Hall–Kier alpha value is -0.780. The lowest BCUT2D eigenvalue weighted by atomic mass is 10.0. The Morgan fingerprint density at radius 1 is 1.29 bits per heavy atom. The molecule has 0 aromatic heterocycles. The van der Waals surface area contributed by atoms with E-state index in [0.29, 0.717) is 18.1 Å². The van der Waals surface area contributed by atoms with Crippen molar-refractivity contribution in [2.45, 2.75) is 18.6 Å². The number of hydrogen-bond acceptors (Lipinski definition) is 4. The Morgan fingerprint density at radius 3 is 2.47 bits per heavy atom. The van der Waals surface area contributed by atoms with E-state index in [-0.39, 0.29) is 12.1 Å². The highest BCUT2D eigenvalue weighted by molar-refractivity contribution is 9.10. The lowest BCUT2D eigenvalue weighted by molar-refractivity contribution is 0.104. The van der Waals surface area contributed by atoms with E-state index in [1.54, 1.807) is 14.2 Å². The van der Waals surface area contributed by atoms with Crippen molar-refractivity contribution >= 4 is 15.9 Å². The van der Waals surface area contributed by atoms with Crippen molar-refractivity contribution in [2.24, 2.45) is 5.73 Å². The lowest BCUT2D eigenvalue weighted by Crippen LogP contribution is -2.23. The van der Waals surface area contributed by atoms with Gasteiger partial charge in [-0.25, -0.2) is 0 Å². The maximum absolute atomic E-state index is 6.02. The molecular formula is C12H16BrNO3. The van der Waals surface area contributed by atoms with Crippen LogP contribution in [0.15, 0.2) is 16.6 Å². The van der Waals surface area contributed by atoms with E-state index in [0.717, 1.165) is 16.5 Å². The van der Waals surface area contributed by atoms with E-state index >= 15 is 0 Å². The van der Waals surface area contributed by atoms with E-state index in [2.05, 4.69) is 15.9 Å². The predicted octanol–water partition coefficient (Wildman–Crippen LogP) is 2.25. The van der Waals surface area contributed by atoms with Crippen LogP contribution in [0.5, 0.6) is 11.5 Å². The summed E-state index contributed by atoms with van der Waals surface area (Å²) in [5.41, 5.74) is 7.03. The Labute approximate surface area is 109 Å². The zero-order chi connectivity index (χ0) is 12.4. The van der Waals surface area contributed by atoms with Gasteiger partial charge in [-0.1, -0.05) is 15.9 Å². The third-order valence-electron chi connectivity index (χ3n) is 2.95. The molecule has 4 nitrogen and oxygen atoms in total. The van der Waals surface area contributed by atoms with Gasteiger partial charge in [-0.2, -0.15) is 0 Å². The molecule has 5 heteroatoms. The summed E-state index contributed by atoms with van der Waals surface area (Å²) < 4.78 is 17.1. The first-order chi connectivity index (χ1) is 8.17. The van der Waals surface area contributed by atoms with Crippen LogP contribution in [0.2, 0.25) is 0 Å². The van der Waals surface area contributed by atoms with E-state index in [9.17, 15) is 0 Å². The fraction of sp³-hybridized carbons (Fsp3) is 0.500. The van der Waals surface area contributed by atoms with Crippen molar-refractivity contribution < 1.29 is 14.2 Å². The largest absolute Gasteiger partial charge is 0.493 e. The van der Waals surface area contributed by atoms with Gasteiger partial charge in [0.05, 0.1) is 20.3 Å². The normalized spacial score (nSPS) is 23.8. The standard InChI is InChI=1S/C12H16BrNO3/c1-15-10-5-7(8(13)6-11(10)16-2)12-9(14)3-4-17-12/h5-6,9,12H,3-4,14H2,1-2H3. The van der Waals surface area contributed by atoms with Crippen LogP contribution in [0, 0.1) is 0 Å². The van der Waals surface area contributed by atoms with Crippen LogP contribution < -0.4 is 15.2 Å². The van der Waals surface area contributed by atoms with Crippen molar-refractivity contribution in [1.82, 2.24) is 0 Å². The predicted molar refractivity (Wildman–Crippen MR) is 68.5 cm³/mol. The second-order valence-electron chi connectivity index (χ2n) is 3.97. The first-order valence-electron chi connectivity index (χ1n) is 5.46. The van der Waals surface area contributed by atoms with Gasteiger partial charge in [0.2, 0.25) is 0 Å². The van der Waals surface area contributed by atoms with Crippen molar-refractivity contribution in [3.63, 3.8) is 0 Å². The molecule has 2 rings (SSSR count). The van der Waals surface area contributed by atoms with Crippen LogP contribution in [0.4, 0.5) is 0 Å². The number of nitrogens with two attached hydrogens (primary N) is 1. The van der Waals surface area contributed by atoms with Gasteiger partial charge < -0.3 is 19.9 Å². The summed E-state index contributed by atoms with van der Waals surface area (Å²) >= 11 is 3.52. The molecule has 2 unspecified atom stereocenters. The molecule has 0 aliphatic carbocycles. The maximum Gasteiger partial charge on any atom is 0.161 e. The summed E-state index contributed by atoms with van der Waals surface area (Å²) in [6, 6.07) is 3.82. The molecule has 17 heavy (non-hydrogen) atoms. The number of hydrogen-bond donors (Lipinski definition) is 1. The minimum absolute atomic E-state index is 0.0319. The second kappa shape index (κ2) is 5.25. The third kappa shape index (κ3) is 2.41. The van der Waals surface area contributed by atoms with Gasteiger partial charge in [0.25, 0.3) is 0 Å². The smallest absolute Gasteiger partial charge is 0.161 e. The zero-order valence-electron chi connectivity index (χ0n) is 9.90. The first-order valence-corrected chi connectivity index (χ1v) is 6.25. The fourth-order valence-corrected chi connectivity index (χ4v) is 2.56. The quantitative estimate of drug-likeness (QED) is 0.930. The van der Waals surface area contributed by atoms with Gasteiger partial charge in [0, 0.05) is 22.7 Å². The molecule has 0 radical (unpaired) electrons. The Kier molecular flexibility index (Phi) is 3.91. The molecular weight excluding hydrogens is 286 g/mol. The molecule has 1 saturated heterocycles. The number of halogens is 1. The molecule has 2 N–H and O–H groups in total. The second-order valence-corrected chi connectivity index (χ2v) is 4.83. The van der Waals surface area contributed by atoms with E-state index < -0.39 is 0 Å². The highest BCUT2D eigenvalue weighted by Crippen LogP contribution is 2.39. The molecule has 94 valence electrons. The molecule has 1 aliphatic heterocycles. The molecule has 1 aromatic carbocycles. The summed E-state index contributed by atoms with van der Waals surface area (Å²) in [5, 5.41) is 0. The van der Waals surface area contributed by atoms with Crippen LogP contribution in [-0.4, -0.2) is 26.9 Å². The average Bonchev–Trinajstić information content (AvgIpc) is 2.75. The van der Waals surface area contributed by atoms with Crippen molar-refractivity contribution in [2.75, 3.05) is 20.8 Å². The molecule has 2 atom stereocenters. The highest BCUT2D eigenvalue weighted by atomic mass is 79.9. The van der Waals surface area contributed by atoms with Crippen LogP contribution in [-0.2, 0) is 4.74 Å². The number of ether oxygens (including phenoxy) is 3. The minimum Gasteiger partial charge on any atom is -0.493 e. The zero-order valence-corrected chi connectivity index (χ0v) is 11.5. The van der Waals surface area contributed by atoms with Crippen LogP contribution >= 0.6 is 15.9 Å². The van der Waals surface area contributed by atoms with Gasteiger partial charge in [0.15, 0.2) is 11.5 Å². The van der Waals surface area contributed by atoms with Gasteiger partial charge in [-0.05, 0) is 18.6 Å². The van der Waals surface area contributed by atoms with Crippen molar-refractivity contribution in [1.29, 1.82) is 0 Å². The molecule has 0 saturated carbocycles. The molecule has 0 bridgehead atoms. The number of rotatable bonds is 3. The van der Waals surface area contributed by atoms with E-state index in [4.69, 9.17) is 19.9 Å². The first kappa shape index (κ1) is 12.7. The van der Waals surface area contributed by atoms with Crippen LogP contribution in [0.25, 0.3) is 0 Å². The summed E-state index contributed by atoms with van der Waals surface area (Å²) in [4.78, 5) is 0. The summed E-state index contributed by atoms with van der Waals surface area (Å²) in [6.45, 7) is 0.701. The SMILES string of the molecule is COc1cc(Br)c(C2OCCC2N)cc1OC. The fourth-order valence-electron chi connectivity index (χ4n) is 2.01. The van der Waals surface area contributed by atoms with Crippen LogP contribution in [0.1, 0.15) is 18.1 Å². The molecule has 1 aliphatic rings. The maximum atomic E-state index is 6.02. The summed E-state index contributed by atoms with van der Waals surface area (Å²) in [5.74, 6) is 1.38. The molecule has 1 fully saturated rings. The van der Waals surface area contributed by atoms with E-state index in [1.165, 1.54) is 0 Å². The van der Waals surface area contributed by atoms with Gasteiger partial charge >= 0.3 is 0 Å². The molecule has 0 spiro atoms. The summed E-state index contributed by atoms with van der Waals surface area (Å²) in [7, 11) is 3.23. The monoisotopic (exact) mass is 301 g/mol. The van der Waals surface area contributed by atoms with Gasteiger partial charge in [-0.3, -0.25) is 0 Å². The van der Waals surface area contributed by atoms with Gasteiger partial charge in [0.1, 0.15) is 0 Å².